The molecule has 2 aromatic carbocycles. The van der Waals surface area contributed by atoms with Gasteiger partial charge in [-0.15, -0.1) is 0 Å². The molecule has 1 aliphatic heterocycles. The average molecular weight is 451 g/mol. The molecule has 4 rings (SSSR count). The lowest BCUT2D eigenvalue weighted by Gasteiger charge is -2.17. The van der Waals surface area contributed by atoms with E-state index in [2.05, 4.69) is 0 Å². The van der Waals surface area contributed by atoms with E-state index in [1.54, 1.807) is 37.3 Å². The van der Waals surface area contributed by atoms with Gasteiger partial charge in [0.15, 0.2) is 4.32 Å². The largest absolute Gasteiger partial charge is 0.456 e. The molecule has 0 saturated carbocycles. The molecule has 156 valence electrons. The molecule has 0 spiro atoms. The first-order chi connectivity index (χ1) is 14.7. The van der Waals surface area contributed by atoms with Crippen LogP contribution in [0, 0.1) is 30.9 Å². The number of aryl methyl sites for hydroxylation is 3. The molecule has 0 aliphatic carbocycles. The van der Waals surface area contributed by atoms with E-state index in [0.717, 1.165) is 22.4 Å². The van der Waals surface area contributed by atoms with Crippen LogP contribution in [0.4, 0.5) is 11.4 Å². The van der Waals surface area contributed by atoms with Crippen molar-refractivity contribution in [3.63, 3.8) is 0 Å². The summed E-state index contributed by atoms with van der Waals surface area (Å²) in [6.07, 6.45) is 1.62. The standard InChI is InChI=1S/C23H18N2O4S2/c1-13-5-8-18(15(3)10-13)24-22(26)21(31-23(24)30)12-16-6-9-20(29-16)17-7-4-14(2)11-19(17)25(27)28/h4-12H,1-3H3/b21-12-. The molecule has 0 atom stereocenters. The lowest BCUT2D eigenvalue weighted by molar-refractivity contribution is -0.384. The number of thioether (sulfide) groups is 1. The highest BCUT2D eigenvalue weighted by Crippen LogP contribution is 2.38. The van der Waals surface area contributed by atoms with Gasteiger partial charge in [-0.1, -0.05) is 47.7 Å². The number of benzene rings is 2. The van der Waals surface area contributed by atoms with Gasteiger partial charge in [-0.05, 0) is 56.2 Å². The molecule has 0 unspecified atom stereocenters. The summed E-state index contributed by atoms with van der Waals surface area (Å²) in [5.41, 5.74) is 3.98. The Morgan fingerprint density at radius 3 is 2.48 bits per heavy atom. The zero-order chi connectivity index (χ0) is 22.3. The number of thiocarbonyl (C=S) groups is 1. The number of nitrogens with zero attached hydrogens (tertiary/aromatic N) is 2. The van der Waals surface area contributed by atoms with Gasteiger partial charge in [0.25, 0.3) is 11.6 Å². The van der Waals surface area contributed by atoms with Crippen LogP contribution < -0.4 is 4.90 Å². The Hall–Kier alpha value is -3.23. The number of hydrogen-bond donors (Lipinski definition) is 0. The van der Waals surface area contributed by atoms with E-state index < -0.39 is 4.92 Å². The zero-order valence-corrected chi connectivity index (χ0v) is 18.7. The molecule has 0 radical (unpaired) electrons. The number of amides is 1. The Balaban J connectivity index is 1.65. The summed E-state index contributed by atoms with van der Waals surface area (Å²) in [5.74, 6) is 0.565. The number of hydrogen-bond acceptors (Lipinski definition) is 6. The molecule has 3 aromatic rings. The summed E-state index contributed by atoms with van der Waals surface area (Å²) < 4.78 is 6.27. The average Bonchev–Trinajstić information content (AvgIpc) is 3.27. The molecule has 0 bridgehead atoms. The van der Waals surface area contributed by atoms with Crippen LogP contribution in [0.1, 0.15) is 22.5 Å². The van der Waals surface area contributed by atoms with Crippen LogP contribution in [0.5, 0.6) is 0 Å². The fraction of sp³-hybridized carbons (Fsp3) is 0.130. The highest BCUT2D eigenvalue weighted by atomic mass is 32.2. The first-order valence-corrected chi connectivity index (χ1v) is 10.7. The molecule has 31 heavy (non-hydrogen) atoms. The van der Waals surface area contributed by atoms with E-state index in [-0.39, 0.29) is 11.6 Å². The number of furan rings is 1. The number of anilines is 1. The number of carbonyl (C=O) groups excluding carboxylic acids is 1. The predicted molar refractivity (Wildman–Crippen MR) is 127 cm³/mol. The van der Waals surface area contributed by atoms with E-state index in [0.29, 0.717) is 26.3 Å². The Kier molecular flexibility index (Phi) is 5.51. The second-order valence-electron chi connectivity index (χ2n) is 7.29. The molecule has 1 aliphatic rings. The van der Waals surface area contributed by atoms with Crippen LogP contribution >= 0.6 is 24.0 Å². The molecule has 8 heteroatoms. The van der Waals surface area contributed by atoms with Gasteiger partial charge in [0.1, 0.15) is 11.5 Å². The molecule has 2 heterocycles. The van der Waals surface area contributed by atoms with E-state index in [1.807, 2.05) is 32.0 Å². The van der Waals surface area contributed by atoms with Gasteiger partial charge in [0.05, 0.1) is 21.1 Å². The first kappa shape index (κ1) is 21.0. The van der Waals surface area contributed by atoms with Crippen molar-refractivity contribution in [3.05, 3.63) is 86.0 Å². The maximum absolute atomic E-state index is 13.0. The quantitative estimate of drug-likeness (QED) is 0.204. The van der Waals surface area contributed by atoms with Crippen molar-refractivity contribution >= 4 is 51.7 Å². The van der Waals surface area contributed by atoms with Gasteiger partial charge in [0, 0.05) is 12.1 Å². The van der Waals surface area contributed by atoms with Gasteiger partial charge in [0.2, 0.25) is 0 Å². The number of carbonyl (C=O) groups is 1. The number of rotatable bonds is 4. The first-order valence-electron chi connectivity index (χ1n) is 9.45. The molecule has 1 amide bonds. The fourth-order valence-corrected chi connectivity index (χ4v) is 4.70. The molecule has 1 fully saturated rings. The van der Waals surface area contributed by atoms with Gasteiger partial charge < -0.3 is 4.42 Å². The molecule has 1 aromatic heterocycles. The van der Waals surface area contributed by atoms with Crippen molar-refractivity contribution in [2.75, 3.05) is 4.90 Å². The van der Waals surface area contributed by atoms with Gasteiger partial charge >= 0.3 is 0 Å². The Bertz CT molecular complexity index is 1280. The highest BCUT2D eigenvalue weighted by molar-refractivity contribution is 8.27. The van der Waals surface area contributed by atoms with Crippen LogP contribution in [-0.2, 0) is 4.79 Å². The van der Waals surface area contributed by atoms with Gasteiger partial charge in [-0.25, -0.2) is 0 Å². The maximum atomic E-state index is 13.0. The second kappa shape index (κ2) is 8.13. The third kappa shape index (κ3) is 4.04. The van der Waals surface area contributed by atoms with Crippen LogP contribution in [0.15, 0.2) is 57.9 Å². The van der Waals surface area contributed by atoms with Crippen molar-refractivity contribution in [1.82, 2.24) is 0 Å². The van der Waals surface area contributed by atoms with Crippen LogP contribution in [0.25, 0.3) is 17.4 Å². The smallest absolute Gasteiger partial charge is 0.280 e. The summed E-state index contributed by atoms with van der Waals surface area (Å²) in [6, 6.07) is 14.1. The van der Waals surface area contributed by atoms with Crippen LogP contribution in [-0.4, -0.2) is 15.2 Å². The van der Waals surface area contributed by atoms with Crippen molar-refractivity contribution in [2.45, 2.75) is 20.8 Å². The summed E-state index contributed by atoms with van der Waals surface area (Å²) in [6.45, 7) is 5.73. The van der Waals surface area contributed by atoms with E-state index in [4.69, 9.17) is 16.6 Å². The van der Waals surface area contributed by atoms with E-state index in [9.17, 15) is 14.9 Å². The van der Waals surface area contributed by atoms with Gasteiger partial charge in [-0.3, -0.25) is 19.8 Å². The Morgan fingerprint density at radius 2 is 1.77 bits per heavy atom. The van der Waals surface area contributed by atoms with Crippen LogP contribution in [0.3, 0.4) is 0 Å². The van der Waals surface area contributed by atoms with E-state index >= 15 is 0 Å². The highest BCUT2D eigenvalue weighted by Gasteiger charge is 2.34. The third-order valence-corrected chi connectivity index (χ3v) is 6.20. The molecule has 1 saturated heterocycles. The minimum atomic E-state index is -0.431. The fourth-order valence-electron chi connectivity index (χ4n) is 3.44. The predicted octanol–water partition coefficient (Wildman–Crippen LogP) is 6.19. The molecule has 0 N–H and O–H groups in total. The topological polar surface area (TPSA) is 76.6 Å². The summed E-state index contributed by atoms with van der Waals surface area (Å²) in [5, 5.41) is 11.4. The van der Waals surface area contributed by atoms with Crippen molar-refractivity contribution in [1.29, 1.82) is 0 Å². The molecule has 6 nitrogen and oxygen atoms in total. The third-order valence-electron chi connectivity index (χ3n) is 4.90. The van der Waals surface area contributed by atoms with Gasteiger partial charge in [-0.2, -0.15) is 0 Å². The lowest BCUT2D eigenvalue weighted by atomic mass is 10.1. The summed E-state index contributed by atoms with van der Waals surface area (Å²) >= 11 is 6.65. The van der Waals surface area contributed by atoms with Crippen molar-refractivity contribution in [3.8, 4) is 11.3 Å². The SMILES string of the molecule is Cc1ccc(N2C(=O)/C(=C/c3ccc(-c4ccc(C)cc4[N+](=O)[O-])o3)SC2=S)c(C)c1. The van der Waals surface area contributed by atoms with Crippen LogP contribution in [0.2, 0.25) is 0 Å². The minimum Gasteiger partial charge on any atom is -0.456 e. The monoisotopic (exact) mass is 450 g/mol. The zero-order valence-electron chi connectivity index (χ0n) is 17.0. The Labute approximate surface area is 188 Å². The number of nitro groups is 1. The van der Waals surface area contributed by atoms with Crippen molar-refractivity contribution in [2.24, 2.45) is 0 Å². The Morgan fingerprint density at radius 1 is 1.06 bits per heavy atom. The minimum absolute atomic E-state index is 0.0259. The maximum Gasteiger partial charge on any atom is 0.280 e. The second-order valence-corrected chi connectivity index (χ2v) is 8.96. The summed E-state index contributed by atoms with van der Waals surface area (Å²) in [7, 11) is 0. The normalized spacial score (nSPS) is 15.2. The van der Waals surface area contributed by atoms with E-state index in [1.165, 1.54) is 22.7 Å². The lowest BCUT2D eigenvalue weighted by Crippen LogP contribution is -2.28. The molecular formula is C23H18N2O4S2. The number of nitro benzene ring substituents is 1. The molecular weight excluding hydrogens is 432 g/mol. The van der Waals surface area contributed by atoms with Crippen molar-refractivity contribution < 1.29 is 14.1 Å². The summed E-state index contributed by atoms with van der Waals surface area (Å²) in [4.78, 5) is 26.0.